The molecule has 1 saturated heterocycles. The second-order valence-electron chi connectivity index (χ2n) is 7.21. The van der Waals surface area contributed by atoms with Gasteiger partial charge in [-0.3, -0.25) is 0 Å². The zero-order chi connectivity index (χ0) is 21.1. The Bertz CT molecular complexity index is 1160. The van der Waals surface area contributed by atoms with Crippen LogP contribution in [0.5, 0.6) is 5.75 Å². The molecule has 0 radical (unpaired) electrons. The first-order chi connectivity index (χ1) is 14.5. The summed E-state index contributed by atoms with van der Waals surface area (Å²) in [6, 6.07) is 14.1. The smallest absolute Gasteiger partial charge is 0.374 e. The molecule has 8 heteroatoms. The number of hydrogen-bond acceptors (Lipinski definition) is 6. The van der Waals surface area contributed by atoms with E-state index in [0.717, 1.165) is 41.3 Å². The number of carbonyl (C=O) groups is 1. The number of hydrogen-bond donors (Lipinski definition) is 0. The van der Waals surface area contributed by atoms with Crippen molar-refractivity contribution >= 4 is 26.8 Å². The molecule has 0 unspecified atom stereocenters. The Morgan fingerprint density at radius 1 is 1.00 bits per heavy atom. The first kappa shape index (κ1) is 20.4. The second-order valence-corrected chi connectivity index (χ2v) is 9.08. The minimum absolute atomic E-state index is 0.0513. The molecule has 0 atom stereocenters. The Balaban J connectivity index is 1.43. The summed E-state index contributed by atoms with van der Waals surface area (Å²) in [4.78, 5) is 12.3. The summed E-state index contributed by atoms with van der Waals surface area (Å²) in [7, 11) is -2.11. The number of methoxy groups -OCH3 is 1. The molecule has 3 aromatic rings. The number of piperidine rings is 1. The number of nitrogens with zero attached hydrogens (tertiary/aromatic N) is 1. The standard InChI is InChI=1S/C22H23NO6S/c1-27-19-8-7-17-13-16(5-6-18(17)14-19)15-28-22(24)20-9-10-21(29-20)30(25,26)23-11-3-2-4-12-23/h5-10,13-14H,2-4,11-12,15H2,1H3. The van der Waals surface area contributed by atoms with E-state index in [1.54, 1.807) is 7.11 Å². The van der Waals surface area contributed by atoms with Gasteiger partial charge in [0.05, 0.1) is 7.11 Å². The third-order valence-electron chi connectivity index (χ3n) is 5.17. The first-order valence-electron chi connectivity index (χ1n) is 9.81. The fourth-order valence-corrected chi connectivity index (χ4v) is 4.94. The number of ether oxygens (including phenoxy) is 2. The lowest BCUT2D eigenvalue weighted by atomic mass is 10.1. The predicted molar refractivity (Wildman–Crippen MR) is 111 cm³/mol. The summed E-state index contributed by atoms with van der Waals surface area (Å²) < 4.78 is 42.5. The quantitative estimate of drug-likeness (QED) is 0.551. The number of rotatable bonds is 6. The minimum Gasteiger partial charge on any atom is -0.497 e. The molecule has 0 N–H and O–H groups in total. The van der Waals surface area contributed by atoms with Crippen LogP contribution in [0, 0.1) is 0 Å². The second kappa shape index (κ2) is 8.49. The average Bonchev–Trinajstić information content (AvgIpc) is 3.29. The van der Waals surface area contributed by atoms with Gasteiger partial charge >= 0.3 is 5.97 Å². The van der Waals surface area contributed by atoms with Gasteiger partial charge in [0.25, 0.3) is 10.0 Å². The van der Waals surface area contributed by atoms with Crippen LogP contribution in [0.2, 0.25) is 0 Å². The molecule has 1 aliphatic rings. The van der Waals surface area contributed by atoms with Gasteiger partial charge in [-0.1, -0.05) is 24.6 Å². The number of esters is 1. The van der Waals surface area contributed by atoms with Crippen LogP contribution in [0.1, 0.15) is 35.4 Å². The van der Waals surface area contributed by atoms with Crippen LogP contribution >= 0.6 is 0 Å². The van der Waals surface area contributed by atoms with E-state index in [9.17, 15) is 13.2 Å². The van der Waals surface area contributed by atoms with E-state index in [1.807, 2.05) is 36.4 Å². The Kier molecular flexibility index (Phi) is 5.78. The Labute approximate surface area is 175 Å². The van der Waals surface area contributed by atoms with Gasteiger partial charge < -0.3 is 13.9 Å². The average molecular weight is 429 g/mol. The van der Waals surface area contributed by atoms with Crippen molar-refractivity contribution in [3.63, 3.8) is 0 Å². The normalized spacial score (nSPS) is 15.2. The van der Waals surface area contributed by atoms with E-state index in [1.165, 1.54) is 16.4 Å². The van der Waals surface area contributed by atoms with Crippen molar-refractivity contribution < 1.29 is 27.1 Å². The summed E-state index contributed by atoms with van der Waals surface area (Å²) >= 11 is 0. The van der Waals surface area contributed by atoms with Crippen molar-refractivity contribution in [3.05, 3.63) is 59.9 Å². The lowest BCUT2D eigenvalue weighted by molar-refractivity contribution is 0.0430. The van der Waals surface area contributed by atoms with Crippen LogP contribution in [0.25, 0.3) is 10.8 Å². The zero-order valence-corrected chi connectivity index (χ0v) is 17.5. The van der Waals surface area contributed by atoms with Gasteiger partial charge in [0.15, 0.2) is 0 Å². The molecule has 2 aromatic carbocycles. The molecule has 2 heterocycles. The summed E-state index contributed by atoms with van der Waals surface area (Å²) in [5.41, 5.74) is 0.814. The molecular weight excluding hydrogens is 406 g/mol. The highest BCUT2D eigenvalue weighted by Crippen LogP contribution is 2.24. The maximum atomic E-state index is 12.6. The Hall–Kier alpha value is -2.84. The molecule has 30 heavy (non-hydrogen) atoms. The van der Waals surface area contributed by atoms with E-state index >= 15 is 0 Å². The largest absolute Gasteiger partial charge is 0.497 e. The molecule has 0 amide bonds. The molecule has 158 valence electrons. The fraction of sp³-hybridized carbons (Fsp3) is 0.318. The van der Waals surface area contributed by atoms with Gasteiger partial charge in [0, 0.05) is 13.1 Å². The Morgan fingerprint density at radius 3 is 2.50 bits per heavy atom. The highest BCUT2D eigenvalue weighted by Gasteiger charge is 2.29. The topological polar surface area (TPSA) is 86.0 Å². The van der Waals surface area contributed by atoms with Crippen LogP contribution in [0.4, 0.5) is 0 Å². The van der Waals surface area contributed by atoms with Crippen LogP contribution in [-0.2, 0) is 21.4 Å². The maximum absolute atomic E-state index is 12.6. The van der Waals surface area contributed by atoms with Crippen molar-refractivity contribution in [1.29, 1.82) is 0 Å². The number of benzene rings is 2. The summed E-state index contributed by atoms with van der Waals surface area (Å²) in [5.74, 6) is -0.0594. The SMILES string of the molecule is COc1ccc2cc(COC(=O)c3ccc(S(=O)(=O)N4CCCCC4)o3)ccc2c1. The molecule has 1 aromatic heterocycles. The molecule has 0 saturated carbocycles. The summed E-state index contributed by atoms with van der Waals surface area (Å²) in [6.45, 7) is 0.989. The van der Waals surface area contributed by atoms with Gasteiger partial charge in [-0.25, -0.2) is 13.2 Å². The van der Waals surface area contributed by atoms with E-state index in [0.29, 0.717) is 13.1 Å². The monoisotopic (exact) mass is 429 g/mol. The fourth-order valence-electron chi connectivity index (χ4n) is 3.51. The minimum atomic E-state index is -3.72. The van der Waals surface area contributed by atoms with Crippen molar-refractivity contribution in [2.75, 3.05) is 20.2 Å². The van der Waals surface area contributed by atoms with Crippen molar-refractivity contribution in [3.8, 4) is 5.75 Å². The highest BCUT2D eigenvalue weighted by molar-refractivity contribution is 7.89. The van der Waals surface area contributed by atoms with Gasteiger partial charge in [0.2, 0.25) is 10.9 Å². The lowest BCUT2D eigenvalue weighted by Crippen LogP contribution is -2.35. The molecule has 1 fully saturated rings. The van der Waals surface area contributed by atoms with Crippen LogP contribution in [-0.4, -0.2) is 38.9 Å². The number of sulfonamides is 1. The van der Waals surface area contributed by atoms with Crippen molar-refractivity contribution in [2.45, 2.75) is 31.0 Å². The Morgan fingerprint density at radius 2 is 1.73 bits per heavy atom. The van der Waals surface area contributed by atoms with Crippen molar-refractivity contribution in [1.82, 2.24) is 4.31 Å². The van der Waals surface area contributed by atoms with Gasteiger partial charge in [-0.2, -0.15) is 4.31 Å². The molecule has 0 spiro atoms. The molecule has 0 aliphatic carbocycles. The number of fused-ring (bicyclic) bond motifs is 1. The third-order valence-corrected chi connectivity index (χ3v) is 6.95. The van der Waals surface area contributed by atoms with Crippen LogP contribution < -0.4 is 4.74 Å². The zero-order valence-electron chi connectivity index (χ0n) is 16.7. The van der Waals surface area contributed by atoms with Gasteiger partial charge in [-0.05, 0) is 59.5 Å². The molecule has 7 nitrogen and oxygen atoms in total. The van der Waals surface area contributed by atoms with E-state index in [-0.39, 0.29) is 17.5 Å². The highest BCUT2D eigenvalue weighted by atomic mass is 32.2. The van der Waals surface area contributed by atoms with Gasteiger partial charge in [0.1, 0.15) is 12.4 Å². The lowest BCUT2D eigenvalue weighted by Gasteiger charge is -2.24. The summed E-state index contributed by atoms with van der Waals surface area (Å²) in [6.07, 6.45) is 2.67. The van der Waals surface area contributed by atoms with Crippen LogP contribution in [0.15, 0.2) is 58.0 Å². The van der Waals surface area contributed by atoms with E-state index in [2.05, 4.69) is 0 Å². The number of furan rings is 1. The van der Waals surface area contributed by atoms with Crippen molar-refractivity contribution in [2.24, 2.45) is 0 Å². The molecule has 0 bridgehead atoms. The number of carbonyl (C=O) groups excluding carboxylic acids is 1. The molecule has 4 rings (SSSR count). The molecule has 1 aliphatic heterocycles. The maximum Gasteiger partial charge on any atom is 0.374 e. The van der Waals surface area contributed by atoms with E-state index < -0.39 is 16.0 Å². The summed E-state index contributed by atoms with van der Waals surface area (Å²) in [5, 5.41) is 1.79. The molecular formula is C22H23NO6S. The van der Waals surface area contributed by atoms with Crippen LogP contribution in [0.3, 0.4) is 0 Å². The van der Waals surface area contributed by atoms with E-state index in [4.69, 9.17) is 13.9 Å². The predicted octanol–water partition coefficient (Wildman–Crippen LogP) is 3.97. The first-order valence-corrected chi connectivity index (χ1v) is 11.3. The van der Waals surface area contributed by atoms with Gasteiger partial charge in [-0.15, -0.1) is 0 Å². The third kappa shape index (κ3) is 4.20.